The Kier molecular flexibility index (Phi) is 9.98. The maximum absolute atomic E-state index is 14.0. The first-order valence-corrected chi connectivity index (χ1v) is 14.7. The van der Waals surface area contributed by atoms with Gasteiger partial charge in [0.25, 0.3) is 10.0 Å². The number of carbonyl (C=O) groups is 2. The summed E-state index contributed by atoms with van der Waals surface area (Å²) >= 11 is 0. The van der Waals surface area contributed by atoms with Gasteiger partial charge in [-0.15, -0.1) is 0 Å². The van der Waals surface area contributed by atoms with Gasteiger partial charge in [-0.3, -0.25) is 13.9 Å². The van der Waals surface area contributed by atoms with E-state index in [9.17, 15) is 18.0 Å². The number of amides is 2. The van der Waals surface area contributed by atoms with E-state index in [2.05, 4.69) is 5.32 Å². The minimum absolute atomic E-state index is 0.0800. The summed E-state index contributed by atoms with van der Waals surface area (Å²) in [5.74, 6) is -0.163. The lowest BCUT2D eigenvalue weighted by molar-refractivity contribution is -0.139. The summed E-state index contributed by atoms with van der Waals surface area (Å²) in [6.07, 6.45) is 0. The molecule has 214 valence electrons. The Morgan fingerprint density at radius 3 is 2.05 bits per heavy atom. The summed E-state index contributed by atoms with van der Waals surface area (Å²) in [6, 6.07) is 18.0. The minimum atomic E-state index is -4.11. The summed E-state index contributed by atoms with van der Waals surface area (Å²) in [5, 5.41) is 2.86. The van der Waals surface area contributed by atoms with Crippen LogP contribution >= 0.6 is 0 Å². The summed E-state index contributed by atoms with van der Waals surface area (Å²) < 4.78 is 34.2. The summed E-state index contributed by atoms with van der Waals surface area (Å²) in [4.78, 5) is 28.5. The highest BCUT2D eigenvalue weighted by Gasteiger charge is 2.32. The van der Waals surface area contributed by atoms with Crippen LogP contribution in [0.3, 0.4) is 0 Å². The lowest BCUT2D eigenvalue weighted by Crippen LogP contribution is -2.52. The van der Waals surface area contributed by atoms with Crippen molar-refractivity contribution in [1.82, 2.24) is 10.2 Å². The van der Waals surface area contributed by atoms with Gasteiger partial charge in [-0.25, -0.2) is 8.42 Å². The number of benzene rings is 3. The van der Waals surface area contributed by atoms with E-state index in [1.165, 1.54) is 17.0 Å². The molecule has 0 aliphatic heterocycles. The lowest BCUT2D eigenvalue weighted by Gasteiger charge is -2.32. The van der Waals surface area contributed by atoms with Crippen molar-refractivity contribution < 1.29 is 22.7 Å². The molecule has 0 aliphatic rings. The van der Waals surface area contributed by atoms with Gasteiger partial charge in [0, 0.05) is 12.6 Å². The molecule has 0 radical (unpaired) electrons. The quantitative estimate of drug-likeness (QED) is 0.362. The highest BCUT2D eigenvalue weighted by Crippen LogP contribution is 2.27. The largest absolute Gasteiger partial charge is 0.497 e. The predicted molar refractivity (Wildman–Crippen MR) is 158 cm³/mol. The minimum Gasteiger partial charge on any atom is -0.497 e. The van der Waals surface area contributed by atoms with E-state index in [0.717, 1.165) is 26.6 Å². The predicted octanol–water partition coefficient (Wildman–Crippen LogP) is 4.76. The van der Waals surface area contributed by atoms with E-state index in [0.29, 0.717) is 11.4 Å². The fraction of sp³-hybridized carbons (Fsp3) is 0.355. The van der Waals surface area contributed by atoms with E-state index in [-0.39, 0.29) is 23.4 Å². The molecule has 0 bridgehead atoms. The van der Waals surface area contributed by atoms with E-state index in [1.807, 2.05) is 52.8 Å². The molecule has 3 aromatic rings. The lowest BCUT2D eigenvalue weighted by atomic mass is 10.1. The molecule has 1 unspecified atom stereocenters. The molecule has 40 heavy (non-hydrogen) atoms. The standard InChI is InChI=1S/C31H39N3O5S/c1-21(2)32-31(36)25(6)33(19-26-11-14-28(39-7)15-12-26)30(35)20-34(27-13-10-23(4)24(5)18-27)40(37,38)29-16-8-22(3)9-17-29/h8-18,21,25H,19-20H2,1-7H3,(H,32,36). The van der Waals surface area contributed by atoms with Crippen LogP contribution in [0, 0.1) is 20.8 Å². The molecular weight excluding hydrogens is 526 g/mol. The van der Waals surface area contributed by atoms with Crippen molar-refractivity contribution in [3.8, 4) is 5.75 Å². The molecule has 3 rings (SSSR count). The zero-order valence-electron chi connectivity index (χ0n) is 24.3. The van der Waals surface area contributed by atoms with Gasteiger partial charge < -0.3 is 15.0 Å². The molecule has 3 aromatic carbocycles. The third-order valence-electron chi connectivity index (χ3n) is 6.78. The molecule has 9 heteroatoms. The van der Waals surface area contributed by atoms with Crippen LogP contribution in [-0.4, -0.2) is 50.9 Å². The smallest absolute Gasteiger partial charge is 0.264 e. The van der Waals surface area contributed by atoms with Crippen LogP contribution in [0.2, 0.25) is 0 Å². The van der Waals surface area contributed by atoms with Crippen molar-refractivity contribution >= 4 is 27.5 Å². The number of ether oxygens (including phenoxy) is 1. The number of rotatable bonds is 11. The van der Waals surface area contributed by atoms with Crippen LogP contribution in [0.15, 0.2) is 71.6 Å². The third-order valence-corrected chi connectivity index (χ3v) is 8.56. The molecule has 8 nitrogen and oxygen atoms in total. The van der Waals surface area contributed by atoms with E-state index in [1.54, 1.807) is 50.4 Å². The van der Waals surface area contributed by atoms with Gasteiger partial charge in [0.15, 0.2) is 0 Å². The van der Waals surface area contributed by atoms with E-state index in [4.69, 9.17) is 4.74 Å². The molecule has 1 atom stereocenters. The summed E-state index contributed by atoms with van der Waals surface area (Å²) in [7, 11) is -2.54. The van der Waals surface area contributed by atoms with Crippen LogP contribution in [0.1, 0.15) is 43.0 Å². The molecule has 0 heterocycles. The first-order chi connectivity index (χ1) is 18.8. The van der Waals surface area contributed by atoms with E-state index >= 15 is 0 Å². The Bertz CT molecular complexity index is 1430. The molecule has 0 spiro atoms. The number of hydrogen-bond donors (Lipinski definition) is 1. The first kappa shape index (κ1) is 30.7. The Hall–Kier alpha value is -3.85. The van der Waals surface area contributed by atoms with Gasteiger partial charge in [0.2, 0.25) is 11.8 Å². The number of sulfonamides is 1. The van der Waals surface area contributed by atoms with Gasteiger partial charge in [0.1, 0.15) is 18.3 Å². The molecular formula is C31H39N3O5S. The van der Waals surface area contributed by atoms with Crippen molar-refractivity contribution in [2.24, 2.45) is 0 Å². The molecule has 0 fully saturated rings. The SMILES string of the molecule is COc1ccc(CN(C(=O)CN(c2ccc(C)c(C)c2)S(=O)(=O)c2ccc(C)cc2)C(C)C(=O)NC(C)C)cc1. The maximum Gasteiger partial charge on any atom is 0.264 e. The van der Waals surface area contributed by atoms with Crippen LogP contribution < -0.4 is 14.4 Å². The van der Waals surface area contributed by atoms with Crippen molar-refractivity contribution in [2.45, 2.75) is 65.1 Å². The molecule has 0 aromatic heterocycles. The molecule has 1 N–H and O–H groups in total. The Balaban J connectivity index is 2.05. The van der Waals surface area contributed by atoms with Crippen molar-refractivity contribution in [1.29, 1.82) is 0 Å². The number of nitrogens with one attached hydrogen (secondary N) is 1. The second-order valence-corrected chi connectivity index (χ2v) is 12.2. The average molecular weight is 566 g/mol. The van der Waals surface area contributed by atoms with Crippen LogP contribution in [0.25, 0.3) is 0 Å². The van der Waals surface area contributed by atoms with Crippen LogP contribution in [0.5, 0.6) is 5.75 Å². The number of carbonyl (C=O) groups excluding carboxylic acids is 2. The van der Waals surface area contributed by atoms with Crippen molar-refractivity contribution in [3.05, 3.63) is 89.0 Å². The summed E-state index contributed by atoms with van der Waals surface area (Å²) in [6.45, 7) is 10.7. The zero-order valence-corrected chi connectivity index (χ0v) is 25.1. The van der Waals surface area contributed by atoms with Gasteiger partial charge in [-0.2, -0.15) is 0 Å². The number of anilines is 1. The number of methoxy groups -OCH3 is 1. The van der Waals surface area contributed by atoms with Gasteiger partial charge in [-0.1, -0.05) is 35.9 Å². The molecule has 0 saturated carbocycles. The molecule has 0 aliphatic carbocycles. The normalized spacial score (nSPS) is 12.1. The highest BCUT2D eigenvalue weighted by molar-refractivity contribution is 7.92. The maximum atomic E-state index is 14.0. The van der Waals surface area contributed by atoms with Crippen LogP contribution in [0.4, 0.5) is 5.69 Å². The number of hydrogen-bond acceptors (Lipinski definition) is 5. The van der Waals surface area contributed by atoms with Crippen molar-refractivity contribution in [3.63, 3.8) is 0 Å². The zero-order chi connectivity index (χ0) is 29.6. The number of aryl methyl sites for hydroxylation is 3. The second kappa shape index (κ2) is 13.0. The fourth-order valence-corrected chi connectivity index (χ4v) is 5.57. The third kappa shape index (κ3) is 7.41. The fourth-order valence-electron chi connectivity index (χ4n) is 4.16. The monoisotopic (exact) mass is 565 g/mol. The second-order valence-electron chi connectivity index (χ2n) is 10.3. The Labute approximate surface area is 238 Å². The molecule has 0 saturated heterocycles. The van der Waals surface area contributed by atoms with Gasteiger partial charge >= 0.3 is 0 Å². The highest BCUT2D eigenvalue weighted by atomic mass is 32.2. The van der Waals surface area contributed by atoms with E-state index < -0.39 is 28.5 Å². The van der Waals surface area contributed by atoms with Gasteiger partial charge in [0.05, 0.1) is 17.7 Å². The Morgan fingerprint density at radius 2 is 1.50 bits per heavy atom. The Morgan fingerprint density at radius 1 is 0.875 bits per heavy atom. The van der Waals surface area contributed by atoms with Gasteiger partial charge in [-0.05, 0) is 94.6 Å². The first-order valence-electron chi connectivity index (χ1n) is 13.2. The van der Waals surface area contributed by atoms with Crippen LogP contribution in [-0.2, 0) is 26.2 Å². The number of nitrogens with zero attached hydrogens (tertiary/aromatic N) is 2. The summed E-state index contributed by atoms with van der Waals surface area (Å²) in [5.41, 5.74) is 3.97. The van der Waals surface area contributed by atoms with Crippen molar-refractivity contribution in [2.75, 3.05) is 18.0 Å². The average Bonchev–Trinajstić information content (AvgIpc) is 2.91. The molecule has 2 amide bonds. The topological polar surface area (TPSA) is 96.0 Å².